The van der Waals surface area contributed by atoms with Crippen LogP contribution in [0.15, 0.2) is 46.9 Å². The summed E-state index contributed by atoms with van der Waals surface area (Å²) in [5, 5.41) is 3.53. The Morgan fingerprint density at radius 1 is 1.04 bits per heavy atom. The number of hydrogen-bond acceptors (Lipinski definition) is 3. The van der Waals surface area contributed by atoms with Crippen LogP contribution in [0.2, 0.25) is 5.02 Å². The normalized spacial score (nSPS) is 14.3. The molecule has 3 rings (SSSR count). The maximum atomic E-state index is 12.6. The van der Waals surface area contributed by atoms with E-state index >= 15 is 0 Å². The van der Waals surface area contributed by atoms with Gasteiger partial charge in [0.25, 0.3) is 5.91 Å². The Morgan fingerprint density at radius 2 is 1.68 bits per heavy atom. The number of carbonyl (C=O) groups excluding carboxylic acids is 2. The number of anilines is 2. The fraction of sp³-hybridized carbons (Fsp3) is 0.333. The highest BCUT2D eigenvalue weighted by Gasteiger charge is 2.24. The molecule has 0 aliphatic carbocycles. The molecule has 148 valence electrons. The number of hydrogen-bond donors (Lipinski definition) is 1. The van der Waals surface area contributed by atoms with E-state index < -0.39 is 0 Å². The van der Waals surface area contributed by atoms with Gasteiger partial charge in [-0.15, -0.1) is 0 Å². The largest absolute Gasteiger partial charge is 0.366 e. The molecule has 0 spiro atoms. The molecule has 0 unspecified atom stereocenters. The van der Waals surface area contributed by atoms with E-state index in [1.54, 1.807) is 18.2 Å². The van der Waals surface area contributed by atoms with Crippen LogP contribution >= 0.6 is 27.5 Å². The average Bonchev–Trinajstić information content (AvgIpc) is 2.68. The summed E-state index contributed by atoms with van der Waals surface area (Å²) in [6.45, 7) is 6.59. The molecule has 1 saturated heterocycles. The number of amides is 2. The van der Waals surface area contributed by atoms with Gasteiger partial charge in [0.1, 0.15) is 0 Å². The summed E-state index contributed by atoms with van der Waals surface area (Å²) < 4.78 is 0.918. The summed E-state index contributed by atoms with van der Waals surface area (Å²) in [7, 11) is 0. The smallest absolute Gasteiger partial charge is 0.255 e. The van der Waals surface area contributed by atoms with E-state index in [1.807, 2.05) is 43.0 Å². The lowest BCUT2D eigenvalue weighted by atomic mass is 10.1. The van der Waals surface area contributed by atoms with Crippen molar-refractivity contribution in [2.45, 2.75) is 13.8 Å². The molecule has 2 aromatic carbocycles. The second-order valence-corrected chi connectivity index (χ2v) is 8.44. The molecule has 0 aromatic heterocycles. The molecule has 2 amide bonds. The summed E-state index contributed by atoms with van der Waals surface area (Å²) >= 11 is 9.55. The van der Waals surface area contributed by atoms with Crippen LogP contribution in [0.4, 0.5) is 11.4 Å². The minimum absolute atomic E-state index is 0.00263. The maximum Gasteiger partial charge on any atom is 0.255 e. The minimum Gasteiger partial charge on any atom is -0.366 e. The van der Waals surface area contributed by atoms with Crippen LogP contribution in [0.5, 0.6) is 0 Å². The average molecular weight is 465 g/mol. The third-order valence-corrected chi connectivity index (χ3v) is 5.50. The molecule has 1 fully saturated rings. The lowest BCUT2D eigenvalue weighted by Gasteiger charge is -2.37. The van der Waals surface area contributed by atoms with Crippen LogP contribution in [0, 0.1) is 5.92 Å². The molecule has 0 atom stereocenters. The van der Waals surface area contributed by atoms with E-state index in [-0.39, 0.29) is 17.7 Å². The van der Waals surface area contributed by atoms with Gasteiger partial charge in [-0.3, -0.25) is 9.59 Å². The molecule has 0 radical (unpaired) electrons. The quantitative estimate of drug-likeness (QED) is 0.716. The predicted molar refractivity (Wildman–Crippen MR) is 117 cm³/mol. The molecular formula is C21H23BrClN3O2. The van der Waals surface area contributed by atoms with Gasteiger partial charge in [-0.2, -0.15) is 0 Å². The highest BCUT2D eigenvalue weighted by atomic mass is 79.9. The molecule has 28 heavy (non-hydrogen) atoms. The van der Waals surface area contributed by atoms with Crippen molar-refractivity contribution in [3.8, 4) is 0 Å². The van der Waals surface area contributed by atoms with Gasteiger partial charge in [0.05, 0.1) is 11.4 Å². The third kappa shape index (κ3) is 4.86. The second kappa shape index (κ2) is 8.97. The lowest BCUT2D eigenvalue weighted by molar-refractivity contribution is -0.134. The van der Waals surface area contributed by atoms with Gasteiger partial charge in [-0.25, -0.2) is 0 Å². The van der Waals surface area contributed by atoms with Crippen molar-refractivity contribution in [3.05, 3.63) is 57.5 Å². The highest BCUT2D eigenvalue weighted by molar-refractivity contribution is 9.10. The summed E-state index contributed by atoms with van der Waals surface area (Å²) in [6, 6.07) is 12.7. The van der Waals surface area contributed by atoms with E-state index in [0.717, 1.165) is 10.2 Å². The number of halogens is 2. The Morgan fingerprint density at radius 3 is 2.29 bits per heavy atom. The summed E-state index contributed by atoms with van der Waals surface area (Å²) in [6.07, 6.45) is 0. The Balaban J connectivity index is 1.75. The maximum absolute atomic E-state index is 12.6. The first-order valence-electron chi connectivity index (χ1n) is 9.25. The number of piperazine rings is 1. The third-order valence-electron chi connectivity index (χ3n) is 4.74. The molecular weight excluding hydrogens is 442 g/mol. The molecule has 2 aromatic rings. The van der Waals surface area contributed by atoms with E-state index in [2.05, 4.69) is 26.1 Å². The summed E-state index contributed by atoms with van der Waals surface area (Å²) in [4.78, 5) is 28.9. The first-order valence-corrected chi connectivity index (χ1v) is 10.4. The van der Waals surface area contributed by atoms with Crippen molar-refractivity contribution in [1.29, 1.82) is 0 Å². The second-order valence-electron chi connectivity index (χ2n) is 7.09. The first kappa shape index (κ1) is 20.7. The molecule has 5 nitrogen and oxygen atoms in total. The minimum atomic E-state index is -0.190. The topological polar surface area (TPSA) is 52.7 Å². The molecule has 7 heteroatoms. The Kier molecular flexibility index (Phi) is 6.62. The fourth-order valence-electron chi connectivity index (χ4n) is 3.21. The van der Waals surface area contributed by atoms with Gasteiger partial charge in [0, 0.05) is 47.2 Å². The highest BCUT2D eigenvalue weighted by Crippen LogP contribution is 2.30. The zero-order valence-electron chi connectivity index (χ0n) is 15.9. The van der Waals surface area contributed by atoms with Crippen LogP contribution in [0.25, 0.3) is 0 Å². The molecule has 1 aliphatic rings. The Hall–Kier alpha value is -2.05. The van der Waals surface area contributed by atoms with Crippen molar-refractivity contribution in [2.24, 2.45) is 5.92 Å². The van der Waals surface area contributed by atoms with Crippen molar-refractivity contribution in [2.75, 3.05) is 36.4 Å². The SMILES string of the molecule is CC(C)C(=O)N1CCN(c2ccc(Cl)cc2NC(=O)c2ccc(Br)cc2)CC1. The van der Waals surface area contributed by atoms with Gasteiger partial charge in [-0.05, 0) is 42.5 Å². The Bertz CT molecular complexity index is 862. The van der Waals surface area contributed by atoms with Crippen LogP contribution in [0.1, 0.15) is 24.2 Å². The van der Waals surface area contributed by atoms with Gasteiger partial charge >= 0.3 is 0 Å². The van der Waals surface area contributed by atoms with Crippen molar-refractivity contribution in [3.63, 3.8) is 0 Å². The van der Waals surface area contributed by atoms with Gasteiger partial charge in [0.2, 0.25) is 5.91 Å². The van der Waals surface area contributed by atoms with E-state index in [1.165, 1.54) is 0 Å². The first-order chi connectivity index (χ1) is 13.3. The molecule has 1 heterocycles. The number of rotatable bonds is 4. The Labute approximate surface area is 178 Å². The lowest BCUT2D eigenvalue weighted by Crippen LogP contribution is -2.50. The van der Waals surface area contributed by atoms with Crippen LogP contribution in [0.3, 0.4) is 0 Å². The molecule has 1 aliphatic heterocycles. The predicted octanol–water partition coefficient (Wildman–Crippen LogP) is 4.66. The number of nitrogens with one attached hydrogen (secondary N) is 1. The summed E-state index contributed by atoms with van der Waals surface area (Å²) in [5.41, 5.74) is 2.15. The van der Waals surface area contributed by atoms with Gasteiger partial charge in [-0.1, -0.05) is 41.4 Å². The van der Waals surface area contributed by atoms with Crippen molar-refractivity contribution >= 4 is 50.7 Å². The van der Waals surface area contributed by atoms with Gasteiger partial charge < -0.3 is 15.1 Å². The molecule has 1 N–H and O–H groups in total. The van der Waals surface area contributed by atoms with E-state index in [9.17, 15) is 9.59 Å². The van der Waals surface area contributed by atoms with E-state index in [4.69, 9.17) is 11.6 Å². The van der Waals surface area contributed by atoms with Crippen LogP contribution in [-0.2, 0) is 4.79 Å². The fourth-order valence-corrected chi connectivity index (χ4v) is 3.65. The zero-order valence-corrected chi connectivity index (χ0v) is 18.3. The van der Waals surface area contributed by atoms with Gasteiger partial charge in [0.15, 0.2) is 0 Å². The molecule has 0 saturated carbocycles. The zero-order chi connectivity index (χ0) is 20.3. The number of benzene rings is 2. The van der Waals surface area contributed by atoms with Crippen LogP contribution < -0.4 is 10.2 Å². The number of carbonyl (C=O) groups is 2. The van der Waals surface area contributed by atoms with E-state index in [0.29, 0.717) is 42.5 Å². The monoisotopic (exact) mass is 463 g/mol. The summed E-state index contributed by atoms with van der Waals surface area (Å²) in [5.74, 6) is -0.00741. The van der Waals surface area contributed by atoms with Crippen molar-refractivity contribution < 1.29 is 9.59 Å². The van der Waals surface area contributed by atoms with Crippen LogP contribution in [-0.4, -0.2) is 42.9 Å². The standard InChI is InChI=1S/C21H23BrClN3O2/c1-14(2)21(28)26-11-9-25(10-12-26)19-8-7-17(23)13-18(19)24-20(27)15-3-5-16(22)6-4-15/h3-8,13-14H,9-12H2,1-2H3,(H,24,27). The number of nitrogens with zero attached hydrogens (tertiary/aromatic N) is 2. The molecule has 0 bridgehead atoms. The van der Waals surface area contributed by atoms with Crippen molar-refractivity contribution in [1.82, 2.24) is 4.90 Å².